The van der Waals surface area contributed by atoms with Gasteiger partial charge < -0.3 is 14.7 Å². The van der Waals surface area contributed by atoms with Crippen molar-refractivity contribution >= 4 is 5.91 Å². The Morgan fingerprint density at radius 3 is 2.46 bits per heavy atom. The Balaban J connectivity index is 1.30. The van der Waals surface area contributed by atoms with Crippen molar-refractivity contribution in [1.82, 2.24) is 4.90 Å². The first-order valence-electron chi connectivity index (χ1n) is 10.1. The highest BCUT2D eigenvalue weighted by Crippen LogP contribution is 2.63. The number of carbonyl (C=O) groups excluding carboxylic acids is 1. The van der Waals surface area contributed by atoms with Gasteiger partial charge in [-0.25, -0.2) is 0 Å². The molecule has 1 saturated heterocycles. The maximum absolute atomic E-state index is 13.2. The van der Waals surface area contributed by atoms with Crippen LogP contribution in [0.15, 0.2) is 0 Å². The molecule has 134 valence electrons. The van der Waals surface area contributed by atoms with Crippen LogP contribution >= 0.6 is 0 Å². The molecule has 1 aliphatic heterocycles. The molecule has 6 rings (SSSR count). The highest BCUT2D eigenvalue weighted by Gasteiger charge is 2.58. The van der Waals surface area contributed by atoms with Crippen LogP contribution in [0.25, 0.3) is 0 Å². The Labute approximate surface area is 144 Å². The molecule has 1 heterocycles. The molecule has 1 N–H and O–H groups in total. The van der Waals surface area contributed by atoms with Gasteiger partial charge in [-0.05, 0) is 75.0 Å². The van der Waals surface area contributed by atoms with Crippen LogP contribution in [0.1, 0.15) is 64.2 Å². The van der Waals surface area contributed by atoms with Crippen LogP contribution in [0.2, 0.25) is 0 Å². The summed E-state index contributed by atoms with van der Waals surface area (Å²) in [5.41, 5.74) is -0.344. The topological polar surface area (TPSA) is 49.8 Å². The zero-order chi connectivity index (χ0) is 16.4. The fourth-order valence-electron chi connectivity index (χ4n) is 6.88. The molecule has 0 aromatic rings. The van der Waals surface area contributed by atoms with Gasteiger partial charge in [-0.1, -0.05) is 0 Å². The van der Waals surface area contributed by atoms with E-state index in [0.717, 1.165) is 45.4 Å². The predicted octanol–water partition coefficient (Wildman–Crippen LogP) is 2.74. The minimum Gasteiger partial charge on any atom is -0.390 e. The third-order valence-electron chi connectivity index (χ3n) is 7.46. The van der Waals surface area contributed by atoms with E-state index in [1.807, 2.05) is 0 Å². The van der Waals surface area contributed by atoms with Crippen molar-refractivity contribution in [1.29, 1.82) is 0 Å². The zero-order valence-corrected chi connectivity index (χ0v) is 14.7. The smallest absolute Gasteiger partial charge is 0.223 e. The van der Waals surface area contributed by atoms with Gasteiger partial charge in [0.05, 0.1) is 12.2 Å². The molecule has 0 aromatic carbocycles. The number of ether oxygens (including phenoxy) is 1. The number of nitrogens with zero attached hydrogens (tertiary/aromatic N) is 1. The molecular weight excluding hydrogens is 302 g/mol. The molecule has 0 aromatic heterocycles. The Morgan fingerprint density at radius 1 is 1.12 bits per heavy atom. The summed E-state index contributed by atoms with van der Waals surface area (Å²) in [6.07, 6.45) is 10.7. The average Bonchev–Trinajstić information content (AvgIpc) is 3.17. The summed E-state index contributed by atoms with van der Waals surface area (Å²) in [7, 11) is 0. The van der Waals surface area contributed by atoms with Crippen molar-refractivity contribution in [3.8, 4) is 0 Å². The Hall–Kier alpha value is -0.610. The second-order valence-corrected chi connectivity index (χ2v) is 9.87. The van der Waals surface area contributed by atoms with E-state index in [0.29, 0.717) is 36.1 Å². The number of rotatable bonds is 5. The fraction of sp³-hybridized carbons (Fsp3) is 0.950. The lowest BCUT2D eigenvalue weighted by Crippen LogP contribution is -2.56. The van der Waals surface area contributed by atoms with Crippen LogP contribution in [0.5, 0.6) is 0 Å². The molecule has 6 fully saturated rings. The van der Waals surface area contributed by atoms with E-state index >= 15 is 0 Å². The van der Waals surface area contributed by atoms with Gasteiger partial charge >= 0.3 is 0 Å². The highest BCUT2D eigenvalue weighted by atomic mass is 16.5. The number of aliphatic hydroxyl groups is 1. The lowest BCUT2D eigenvalue weighted by molar-refractivity contribution is -0.172. The lowest BCUT2D eigenvalue weighted by Gasteiger charge is -2.60. The maximum atomic E-state index is 13.2. The van der Waals surface area contributed by atoms with Gasteiger partial charge in [-0.15, -0.1) is 0 Å². The monoisotopic (exact) mass is 333 g/mol. The maximum Gasteiger partial charge on any atom is 0.223 e. The molecule has 0 unspecified atom stereocenters. The van der Waals surface area contributed by atoms with E-state index in [1.165, 1.54) is 32.1 Å². The van der Waals surface area contributed by atoms with E-state index in [-0.39, 0.29) is 5.41 Å². The van der Waals surface area contributed by atoms with Crippen LogP contribution in [0.3, 0.4) is 0 Å². The third-order valence-corrected chi connectivity index (χ3v) is 7.46. The molecule has 0 radical (unpaired) electrons. The number of amides is 1. The number of hydrogen-bond donors (Lipinski definition) is 1. The molecule has 4 nitrogen and oxygen atoms in total. The molecule has 5 saturated carbocycles. The van der Waals surface area contributed by atoms with Crippen molar-refractivity contribution in [2.75, 3.05) is 19.8 Å². The number of hydrogen-bond acceptors (Lipinski definition) is 3. The minimum atomic E-state index is -0.450. The standard InChI is InChI=1S/C20H31NO3/c22-18(21(17-1-2-17)11-14-3-4-24-12-14)10-19-6-15-5-16(7-19)9-20(23,8-15)13-19/h14-17,23H,1-13H2/t14-,15+,16+,19?,20?/m0/s1. The molecule has 0 spiro atoms. The van der Waals surface area contributed by atoms with Gasteiger partial charge in [0.15, 0.2) is 0 Å². The normalized spacial score (nSPS) is 46.5. The summed E-state index contributed by atoms with van der Waals surface area (Å²) in [5.74, 6) is 2.24. The van der Waals surface area contributed by atoms with Crippen molar-refractivity contribution in [2.24, 2.45) is 23.2 Å². The van der Waals surface area contributed by atoms with Crippen LogP contribution < -0.4 is 0 Å². The van der Waals surface area contributed by atoms with Crippen molar-refractivity contribution in [3.63, 3.8) is 0 Å². The SMILES string of the molecule is O=C(CC12C[C@H]3C[C@@H](CC(O)(C3)C1)C2)N(C[C@@H]1CCOC1)C1CC1. The molecular formula is C20H31NO3. The van der Waals surface area contributed by atoms with E-state index < -0.39 is 5.60 Å². The Kier molecular flexibility index (Phi) is 3.54. The van der Waals surface area contributed by atoms with Crippen molar-refractivity contribution < 1.29 is 14.6 Å². The highest BCUT2D eigenvalue weighted by molar-refractivity contribution is 5.77. The molecule has 6 aliphatic rings. The van der Waals surface area contributed by atoms with Gasteiger partial charge in [0.1, 0.15) is 0 Å². The second-order valence-electron chi connectivity index (χ2n) is 9.87. The number of carbonyl (C=O) groups is 1. The first-order chi connectivity index (χ1) is 11.5. The first kappa shape index (κ1) is 15.6. The fourth-order valence-corrected chi connectivity index (χ4v) is 6.88. The quantitative estimate of drug-likeness (QED) is 0.841. The summed E-state index contributed by atoms with van der Waals surface area (Å²) < 4.78 is 5.51. The summed E-state index contributed by atoms with van der Waals surface area (Å²) >= 11 is 0. The molecule has 5 aliphatic carbocycles. The Bertz CT molecular complexity index is 509. The van der Waals surface area contributed by atoms with E-state index in [2.05, 4.69) is 4.90 Å². The second kappa shape index (κ2) is 5.44. The molecule has 3 atom stereocenters. The summed E-state index contributed by atoms with van der Waals surface area (Å²) in [5, 5.41) is 10.9. The van der Waals surface area contributed by atoms with E-state index in [9.17, 15) is 9.90 Å². The van der Waals surface area contributed by atoms with Crippen molar-refractivity contribution in [3.05, 3.63) is 0 Å². The van der Waals surface area contributed by atoms with Crippen LogP contribution in [0, 0.1) is 23.2 Å². The van der Waals surface area contributed by atoms with Gasteiger partial charge in [0.2, 0.25) is 5.91 Å². The minimum absolute atomic E-state index is 0.106. The van der Waals surface area contributed by atoms with E-state index in [4.69, 9.17) is 4.74 Å². The van der Waals surface area contributed by atoms with Gasteiger partial charge in [-0.2, -0.15) is 0 Å². The largest absolute Gasteiger partial charge is 0.390 e. The average molecular weight is 333 g/mol. The third kappa shape index (κ3) is 2.80. The van der Waals surface area contributed by atoms with Crippen LogP contribution in [-0.2, 0) is 9.53 Å². The van der Waals surface area contributed by atoms with Crippen LogP contribution in [0.4, 0.5) is 0 Å². The Morgan fingerprint density at radius 2 is 1.88 bits per heavy atom. The summed E-state index contributed by atoms with van der Waals surface area (Å²) in [6.45, 7) is 2.58. The first-order valence-corrected chi connectivity index (χ1v) is 10.1. The van der Waals surface area contributed by atoms with Gasteiger partial charge in [-0.3, -0.25) is 4.79 Å². The zero-order valence-electron chi connectivity index (χ0n) is 14.7. The van der Waals surface area contributed by atoms with Crippen LogP contribution in [-0.4, -0.2) is 47.3 Å². The van der Waals surface area contributed by atoms with E-state index in [1.54, 1.807) is 0 Å². The van der Waals surface area contributed by atoms with Gasteiger partial charge in [0, 0.05) is 31.5 Å². The van der Waals surface area contributed by atoms with Crippen molar-refractivity contribution in [2.45, 2.75) is 75.9 Å². The summed E-state index contributed by atoms with van der Waals surface area (Å²) in [4.78, 5) is 15.4. The molecule has 24 heavy (non-hydrogen) atoms. The molecule has 4 heteroatoms. The molecule has 1 amide bonds. The predicted molar refractivity (Wildman–Crippen MR) is 90.3 cm³/mol. The molecule has 4 bridgehead atoms. The lowest BCUT2D eigenvalue weighted by atomic mass is 9.47. The summed E-state index contributed by atoms with van der Waals surface area (Å²) in [6, 6.07) is 0.495. The van der Waals surface area contributed by atoms with Gasteiger partial charge in [0.25, 0.3) is 0 Å².